The number of nitrogens with zero attached hydrogens (tertiary/aromatic N) is 3. The van der Waals surface area contributed by atoms with Crippen molar-refractivity contribution < 1.29 is 9.47 Å². The van der Waals surface area contributed by atoms with Gasteiger partial charge in [-0.15, -0.1) is 0 Å². The average molecular weight is 409 g/mol. The molecule has 0 aliphatic heterocycles. The molecule has 0 radical (unpaired) electrons. The third kappa shape index (κ3) is 3.75. The lowest BCUT2D eigenvalue weighted by molar-refractivity contribution is 0.394. The molecular formula is C17H14Cl2N4O2S. The first-order chi connectivity index (χ1) is 12.5. The molecule has 0 atom stereocenters. The normalized spacial score (nSPS) is 11.1. The van der Waals surface area contributed by atoms with Crippen molar-refractivity contribution in [2.45, 2.75) is 0 Å². The Morgan fingerprint density at radius 2 is 1.96 bits per heavy atom. The molecule has 0 saturated heterocycles. The third-order valence-electron chi connectivity index (χ3n) is 3.58. The number of ether oxygens (including phenoxy) is 2. The lowest BCUT2D eigenvalue weighted by atomic mass is 10.2. The summed E-state index contributed by atoms with van der Waals surface area (Å²) in [6, 6.07) is 10.5. The number of aromatic nitrogens is 3. The predicted octanol–water partition coefficient (Wildman–Crippen LogP) is 4.81. The number of hydrogen-bond donors (Lipinski definition) is 1. The predicted molar refractivity (Wildman–Crippen MR) is 105 cm³/mol. The first-order valence-electron chi connectivity index (χ1n) is 7.42. The van der Waals surface area contributed by atoms with E-state index in [4.69, 9.17) is 44.9 Å². The van der Waals surface area contributed by atoms with Crippen LogP contribution in [0.25, 0.3) is 11.4 Å². The van der Waals surface area contributed by atoms with Gasteiger partial charge in [-0.1, -0.05) is 23.2 Å². The number of hydrogen-bond acceptors (Lipinski definition) is 5. The standard InChI is InChI=1S/C17H14Cl2N4O2S/c1-24-12-5-3-10(15(8-12)25-2)9-20-23-16(21-22-17(23)26)13-6-4-11(18)7-14(13)19/h3-9H,1-2H3,(H,22,26)/b20-9-. The number of aromatic amines is 1. The zero-order valence-corrected chi connectivity index (χ0v) is 16.2. The van der Waals surface area contributed by atoms with E-state index < -0.39 is 0 Å². The minimum atomic E-state index is 0.328. The van der Waals surface area contributed by atoms with Crippen molar-refractivity contribution in [2.75, 3.05) is 14.2 Å². The lowest BCUT2D eigenvalue weighted by Crippen LogP contribution is -1.97. The van der Waals surface area contributed by atoms with Crippen molar-refractivity contribution in [3.8, 4) is 22.9 Å². The molecule has 1 aromatic heterocycles. The van der Waals surface area contributed by atoms with Gasteiger partial charge in [0.15, 0.2) is 5.82 Å². The molecule has 1 N–H and O–H groups in total. The van der Waals surface area contributed by atoms with Crippen molar-refractivity contribution in [3.63, 3.8) is 0 Å². The fraction of sp³-hybridized carbons (Fsp3) is 0.118. The smallest absolute Gasteiger partial charge is 0.216 e. The van der Waals surface area contributed by atoms with Crippen LogP contribution in [0, 0.1) is 4.77 Å². The van der Waals surface area contributed by atoms with Gasteiger partial charge in [-0.05, 0) is 42.5 Å². The Hall–Kier alpha value is -2.35. The van der Waals surface area contributed by atoms with E-state index in [2.05, 4.69) is 15.3 Å². The molecule has 26 heavy (non-hydrogen) atoms. The molecule has 0 spiro atoms. The van der Waals surface area contributed by atoms with Crippen molar-refractivity contribution in [1.82, 2.24) is 14.9 Å². The molecule has 1 heterocycles. The van der Waals surface area contributed by atoms with Gasteiger partial charge < -0.3 is 9.47 Å². The molecule has 2 aromatic carbocycles. The first-order valence-corrected chi connectivity index (χ1v) is 8.59. The monoisotopic (exact) mass is 408 g/mol. The zero-order valence-electron chi connectivity index (χ0n) is 13.9. The fourth-order valence-electron chi connectivity index (χ4n) is 2.29. The van der Waals surface area contributed by atoms with Gasteiger partial charge in [0, 0.05) is 22.2 Å². The van der Waals surface area contributed by atoms with Crippen LogP contribution in [0.3, 0.4) is 0 Å². The second-order valence-electron chi connectivity index (χ2n) is 5.14. The van der Waals surface area contributed by atoms with Gasteiger partial charge in [-0.25, -0.2) is 5.10 Å². The van der Waals surface area contributed by atoms with E-state index >= 15 is 0 Å². The van der Waals surface area contributed by atoms with E-state index in [0.29, 0.717) is 37.7 Å². The topological polar surface area (TPSA) is 64.4 Å². The van der Waals surface area contributed by atoms with Crippen molar-refractivity contribution in [2.24, 2.45) is 5.10 Å². The summed E-state index contributed by atoms with van der Waals surface area (Å²) >= 11 is 17.5. The highest BCUT2D eigenvalue weighted by molar-refractivity contribution is 7.71. The molecule has 3 aromatic rings. The summed E-state index contributed by atoms with van der Waals surface area (Å²) in [5.74, 6) is 1.78. The highest BCUT2D eigenvalue weighted by Gasteiger charge is 2.12. The van der Waals surface area contributed by atoms with E-state index in [-0.39, 0.29) is 0 Å². The summed E-state index contributed by atoms with van der Waals surface area (Å²) in [6.07, 6.45) is 1.62. The minimum absolute atomic E-state index is 0.328. The minimum Gasteiger partial charge on any atom is -0.497 e. The van der Waals surface area contributed by atoms with Gasteiger partial charge >= 0.3 is 0 Å². The summed E-state index contributed by atoms with van der Waals surface area (Å²) in [5.41, 5.74) is 1.41. The SMILES string of the molecule is COc1ccc(/C=N\n2c(-c3ccc(Cl)cc3Cl)n[nH]c2=S)c(OC)c1. The number of rotatable bonds is 5. The quantitative estimate of drug-likeness (QED) is 0.485. The van der Waals surface area contributed by atoms with E-state index in [1.54, 1.807) is 44.7 Å². The maximum absolute atomic E-state index is 6.27. The molecular weight excluding hydrogens is 395 g/mol. The summed E-state index contributed by atoms with van der Waals surface area (Å²) in [4.78, 5) is 0. The van der Waals surface area contributed by atoms with Crippen LogP contribution in [0.15, 0.2) is 41.5 Å². The van der Waals surface area contributed by atoms with E-state index in [9.17, 15) is 0 Å². The maximum atomic E-state index is 6.27. The van der Waals surface area contributed by atoms with Gasteiger partial charge in [-0.2, -0.15) is 14.9 Å². The Kier molecular flexibility index (Phi) is 5.61. The van der Waals surface area contributed by atoms with Gasteiger partial charge in [0.25, 0.3) is 0 Å². The highest BCUT2D eigenvalue weighted by atomic mass is 35.5. The Bertz CT molecular complexity index is 1030. The Balaban J connectivity index is 2.03. The van der Waals surface area contributed by atoms with Crippen molar-refractivity contribution in [3.05, 3.63) is 56.8 Å². The highest BCUT2D eigenvalue weighted by Crippen LogP contribution is 2.29. The van der Waals surface area contributed by atoms with Gasteiger partial charge in [-0.3, -0.25) is 0 Å². The summed E-state index contributed by atoms with van der Waals surface area (Å²) in [5, 5.41) is 12.3. The number of methoxy groups -OCH3 is 2. The Morgan fingerprint density at radius 1 is 1.15 bits per heavy atom. The maximum Gasteiger partial charge on any atom is 0.216 e. The summed E-state index contributed by atoms with van der Waals surface area (Å²) in [7, 11) is 3.17. The van der Waals surface area contributed by atoms with Crippen molar-refractivity contribution in [1.29, 1.82) is 0 Å². The average Bonchev–Trinajstić information content (AvgIpc) is 3.00. The molecule has 0 amide bonds. The lowest BCUT2D eigenvalue weighted by Gasteiger charge is -2.07. The van der Waals surface area contributed by atoms with Gasteiger partial charge in [0.1, 0.15) is 11.5 Å². The second-order valence-corrected chi connectivity index (χ2v) is 6.37. The molecule has 0 aliphatic carbocycles. The second kappa shape index (κ2) is 7.90. The number of H-pyrrole nitrogens is 1. The summed E-state index contributed by atoms with van der Waals surface area (Å²) < 4.78 is 12.4. The van der Waals surface area contributed by atoms with Gasteiger partial charge in [0.2, 0.25) is 4.77 Å². The fourth-order valence-corrected chi connectivity index (χ4v) is 2.96. The molecule has 6 nitrogen and oxygen atoms in total. The van der Waals surface area contributed by atoms with E-state index in [1.165, 1.54) is 4.68 Å². The van der Waals surface area contributed by atoms with Crippen LogP contribution in [0.5, 0.6) is 11.5 Å². The molecule has 134 valence electrons. The van der Waals surface area contributed by atoms with Crippen LogP contribution in [-0.4, -0.2) is 35.3 Å². The number of halogens is 2. The number of benzene rings is 2. The molecule has 0 saturated carbocycles. The van der Waals surface area contributed by atoms with Crippen molar-refractivity contribution >= 4 is 41.6 Å². The molecule has 0 bridgehead atoms. The van der Waals surface area contributed by atoms with Crippen LogP contribution >= 0.6 is 35.4 Å². The van der Waals surface area contributed by atoms with Crippen LogP contribution in [0.2, 0.25) is 10.0 Å². The van der Waals surface area contributed by atoms with Crippen LogP contribution in [0.4, 0.5) is 0 Å². The molecule has 0 aliphatic rings. The first kappa shape index (κ1) is 18.4. The van der Waals surface area contributed by atoms with E-state index in [1.807, 2.05) is 12.1 Å². The largest absolute Gasteiger partial charge is 0.497 e. The Labute approximate surface area is 165 Å². The van der Waals surface area contributed by atoms with E-state index in [0.717, 1.165) is 5.56 Å². The van der Waals surface area contributed by atoms with Crippen LogP contribution < -0.4 is 9.47 Å². The Morgan fingerprint density at radius 3 is 2.65 bits per heavy atom. The third-order valence-corrected chi connectivity index (χ3v) is 4.39. The molecule has 9 heteroatoms. The van der Waals surface area contributed by atoms with Crippen LogP contribution in [-0.2, 0) is 0 Å². The molecule has 0 fully saturated rings. The summed E-state index contributed by atoms with van der Waals surface area (Å²) in [6.45, 7) is 0. The van der Waals surface area contributed by atoms with Crippen LogP contribution in [0.1, 0.15) is 5.56 Å². The number of nitrogens with one attached hydrogen (secondary N) is 1. The molecule has 0 unspecified atom stereocenters. The zero-order chi connectivity index (χ0) is 18.7. The van der Waals surface area contributed by atoms with Gasteiger partial charge in [0.05, 0.1) is 25.5 Å². The molecule has 3 rings (SSSR count).